The van der Waals surface area contributed by atoms with Crippen LogP contribution in [0.25, 0.3) is 0 Å². The molecule has 5 N–H and O–H groups in total. The third-order valence-electron chi connectivity index (χ3n) is 4.02. The molecule has 0 spiro atoms. The number of amides is 2. The molecule has 0 saturated heterocycles. The van der Waals surface area contributed by atoms with Crippen LogP contribution >= 0.6 is 7.80 Å². The maximum absolute atomic E-state index is 11.7. The summed E-state index contributed by atoms with van der Waals surface area (Å²) in [6.45, 7) is 9.47. The van der Waals surface area contributed by atoms with E-state index in [1.54, 1.807) is 19.4 Å². The maximum atomic E-state index is 11.7. The molecule has 9 nitrogen and oxygen atoms in total. The average molecular weight is 534 g/mol. The number of aliphatic hydroxyl groups is 1. The first-order chi connectivity index (χ1) is 17.6. The summed E-state index contributed by atoms with van der Waals surface area (Å²) in [6, 6.07) is 16.6. The van der Waals surface area contributed by atoms with Gasteiger partial charge in [-0.25, -0.2) is 9.18 Å². The van der Waals surface area contributed by atoms with Crippen LogP contribution in [0.15, 0.2) is 54.6 Å². The van der Waals surface area contributed by atoms with Crippen molar-refractivity contribution in [1.29, 1.82) is 0 Å². The average Bonchev–Trinajstić information content (AvgIpc) is 2.86. The van der Waals surface area contributed by atoms with Crippen LogP contribution in [0, 0.1) is 20.8 Å². The second-order valence-electron chi connectivity index (χ2n) is 7.78. The number of urea groups is 1. The van der Waals surface area contributed by atoms with E-state index in [4.69, 9.17) is 10.8 Å². The quantitative estimate of drug-likeness (QED) is 0.351. The van der Waals surface area contributed by atoms with E-state index in [1.165, 1.54) is 0 Å². The van der Waals surface area contributed by atoms with E-state index in [0.717, 1.165) is 34.2 Å². The summed E-state index contributed by atoms with van der Waals surface area (Å²) in [6.07, 6.45) is 0. The topological polar surface area (TPSA) is 143 Å². The largest absolute Gasteiger partial charge is 0.390 e. The van der Waals surface area contributed by atoms with Gasteiger partial charge in [-0.1, -0.05) is 22.8 Å². The normalized spacial score (nSPS) is 9.30. The van der Waals surface area contributed by atoms with Crippen LogP contribution in [0.3, 0.4) is 0 Å². The molecule has 2 amide bonds. The van der Waals surface area contributed by atoms with E-state index in [0.29, 0.717) is 13.1 Å². The Balaban J connectivity index is 0.000000510. The zero-order valence-electron chi connectivity index (χ0n) is 22.2. The van der Waals surface area contributed by atoms with Crippen molar-refractivity contribution in [3.05, 3.63) is 88.8 Å². The highest BCUT2D eigenvalue weighted by molar-refractivity contribution is 7.42. The molecule has 0 atom stereocenters. The molecule has 0 unspecified atom stereocenters. The van der Waals surface area contributed by atoms with E-state index in [2.05, 4.69) is 25.6 Å². The Morgan fingerprint density at radius 2 is 1.30 bits per heavy atom. The first kappa shape index (κ1) is 33.7. The van der Waals surface area contributed by atoms with Crippen LogP contribution in [0.5, 0.6) is 0 Å². The van der Waals surface area contributed by atoms with Crippen LogP contribution < -0.4 is 16.4 Å². The highest BCUT2D eigenvalue weighted by Crippen LogP contribution is 2.01. The molecule has 3 heterocycles. The molecule has 3 rings (SSSR count). The van der Waals surface area contributed by atoms with Gasteiger partial charge in [-0.3, -0.25) is 15.0 Å². The van der Waals surface area contributed by atoms with E-state index in [-0.39, 0.29) is 19.2 Å². The fourth-order valence-corrected chi connectivity index (χ4v) is 2.49. The lowest BCUT2D eigenvalue weighted by molar-refractivity contribution is 0.239. The lowest BCUT2D eigenvalue weighted by Gasteiger charge is -2.05. The summed E-state index contributed by atoms with van der Waals surface area (Å²) in [5.41, 5.74) is 10.7. The third kappa shape index (κ3) is 19.5. The second kappa shape index (κ2) is 20.8. The Bertz CT molecular complexity index is 1020. The van der Waals surface area contributed by atoms with Gasteiger partial charge in [0.25, 0.3) is 0 Å². The fraction of sp³-hybridized carbons (Fsp3) is 0.385. The van der Waals surface area contributed by atoms with Crippen LogP contribution in [0.4, 0.5) is 9.18 Å². The van der Waals surface area contributed by atoms with Gasteiger partial charge in [0.05, 0.1) is 30.2 Å². The number of nitrogens with two attached hydrogens (primary N) is 1. The summed E-state index contributed by atoms with van der Waals surface area (Å²) in [5.74, 6) is 0. The van der Waals surface area contributed by atoms with Crippen molar-refractivity contribution in [1.82, 2.24) is 25.6 Å². The minimum atomic E-state index is -0.870. The van der Waals surface area contributed by atoms with Gasteiger partial charge in [0.2, 0.25) is 0 Å². The highest BCUT2D eigenvalue weighted by atomic mass is 31.1. The minimum Gasteiger partial charge on any atom is -0.390 e. The number of halogens is 1. The summed E-state index contributed by atoms with van der Waals surface area (Å²) in [4.78, 5) is 23.5. The number of carbonyl (C=O) groups is 1. The van der Waals surface area contributed by atoms with Gasteiger partial charge >= 0.3 is 13.8 Å². The first-order valence-electron chi connectivity index (χ1n) is 11.6. The molecule has 0 aliphatic carbocycles. The molecule has 202 valence electrons. The zero-order valence-corrected chi connectivity index (χ0v) is 23.1. The van der Waals surface area contributed by atoms with Crippen LogP contribution in [0.2, 0.25) is 0 Å². The monoisotopic (exact) mass is 533 g/mol. The van der Waals surface area contributed by atoms with Gasteiger partial charge in [0.1, 0.15) is 20.0 Å². The molecule has 3 aromatic heterocycles. The SMILES string of the molecule is C[P+](C)=O.Cc1cccc(CN)n1.Cc1cccc(CNC(=O)NCCF)n1.Cc1cccc(CO)n1. The van der Waals surface area contributed by atoms with Crippen molar-refractivity contribution in [3.63, 3.8) is 0 Å². The zero-order chi connectivity index (χ0) is 28.1. The van der Waals surface area contributed by atoms with Crippen molar-refractivity contribution in [2.75, 3.05) is 26.5 Å². The lowest BCUT2D eigenvalue weighted by atomic mass is 10.3. The van der Waals surface area contributed by atoms with Gasteiger partial charge in [-0.2, -0.15) is 0 Å². The van der Waals surface area contributed by atoms with Gasteiger partial charge < -0.3 is 21.5 Å². The predicted molar refractivity (Wildman–Crippen MR) is 146 cm³/mol. The second-order valence-corrected chi connectivity index (χ2v) is 9.41. The Labute approximate surface area is 220 Å². The first-order valence-corrected chi connectivity index (χ1v) is 13.8. The fourth-order valence-electron chi connectivity index (χ4n) is 2.49. The van der Waals surface area contributed by atoms with E-state index >= 15 is 0 Å². The Kier molecular flexibility index (Phi) is 18.9. The number of hydrogen-bond donors (Lipinski definition) is 4. The number of nitrogens with one attached hydrogen (secondary N) is 2. The highest BCUT2D eigenvalue weighted by Gasteiger charge is 2.00. The minimum absolute atomic E-state index is 0.0294. The number of alkyl halides is 1. The van der Waals surface area contributed by atoms with E-state index in [9.17, 15) is 13.8 Å². The van der Waals surface area contributed by atoms with Gasteiger partial charge in [0.15, 0.2) is 0 Å². The molecule has 0 fully saturated rings. The molecule has 0 aliphatic rings. The number of rotatable bonds is 6. The Morgan fingerprint density at radius 1 is 0.865 bits per heavy atom. The Hall–Kier alpha value is -3.33. The van der Waals surface area contributed by atoms with Gasteiger partial charge in [-0.05, 0) is 57.2 Å². The summed E-state index contributed by atoms with van der Waals surface area (Å²) in [5, 5.41) is 13.5. The van der Waals surface area contributed by atoms with Gasteiger partial charge in [0, 0.05) is 30.2 Å². The molecule has 37 heavy (non-hydrogen) atoms. The third-order valence-corrected chi connectivity index (χ3v) is 4.02. The number of hydrogen-bond acceptors (Lipinski definition) is 7. The smallest absolute Gasteiger partial charge is 0.332 e. The van der Waals surface area contributed by atoms with Crippen LogP contribution in [-0.2, 0) is 24.3 Å². The number of aliphatic hydroxyl groups excluding tert-OH is 1. The van der Waals surface area contributed by atoms with Crippen molar-refractivity contribution >= 4 is 13.8 Å². The lowest BCUT2D eigenvalue weighted by Crippen LogP contribution is -2.36. The van der Waals surface area contributed by atoms with E-state index in [1.807, 2.05) is 69.3 Å². The Morgan fingerprint density at radius 3 is 1.68 bits per heavy atom. The van der Waals surface area contributed by atoms with Crippen LogP contribution in [0.1, 0.15) is 34.2 Å². The molecule has 0 aromatic carbocycles. The number of aryl methyl sites for hydroxylation is 3. The summed E-state index contributed by atoms with van der Waals surface area (Å²) in [7, 11) is -0.870. The number of pyridine rings is 3. The van der Waals surface area contributed by atoms with Crippen LogP contribution in [-0.4, -0.2) is 52.6 Å². The van der Waals surface area contributed by atoms with Gasteiger partial charge in [-0.15, -0.1) is 0 Å². The van der Waals surface area contributed by atoms with Crippen molar-refractivity contribution in [2.45, 2.75) is 40.5 Å². The number of carbonyl (C=O) groups excluding carboxylic acids is 1. The molecular formula is C26H39FN6O3P+. The molecule has 3 aromatic rings. The van der Waals surface area contributed by atoms with Crippen molar-refractivity contribution < 1.29 is 18.9 Å². The predicted octanol–water partition coefficient (Wildman–Crippen LogP) is 3.96. The molecule has 0 bridgehead atoms. The summed E-state index contributed by atoms with van der Waals surface area (Å²) < 4.78 is 21.3. The molecular weight excluding hydrogens is 494 g/mol. The molecule has 0 radical (unpaired) electrons. The maximum Gasteiger partial charge on any atom is 0.332 e. The number of nitrogens with zero attached hydrogens (tertiary/aromatic N) is 3. The van der Waals surface area contributed by atoms with Crippen molar-refractivity contribution in [2.24, 2.45) is 5.73 Å². The molecule has 0 saturated carbocycles. The standard InChI is InChI=1S/C10H14FN3O.C7H10N2.C7H9NO.C2H6OP/c1-8-3-2-4-9(14-8)7-13-10(15)12-6-5-11;1-6-3-2-4-7(5-8)9-6;1-6-3-2-4-7(5-9)8-6;1-4(2)3/h2-4H,5-7H2,1H3,(H2,12,13,15);2-4H,5,8H2,1H3;2-4,9H,5H2,1H3;1-2H3/q;;;+1. The molecule has 0 aliphatic heterocycles. The number of aromatic nitrogens is 3. The summed E-state index contributed by atoms with van der Waals surface area (Å²) >= 11 is 0. The molecule has 11 heteroatoms. The van der Waals surface area contributed by atoms with Crippen molar-refractivity contribution in [3.8, 4) is 0 Å². The van der Waals surface area contributed by atoms with E-state index < -0.39 is 14.5 Å².